The second kappa shape index (κ2) is 8.82. The molecule has 3 rings (SSSR count). The molecule has 6 heteroatoms. The number of hydrogen-bond acceptors (Lipinski definition) is 4. The predicted octanol–water partition coefficient (Wildman–Crippen LogP) is 4.06. The molecular weight excluding hydrogens is 366 g/mol. The summed E-state index contributed by atoms with van der Waals surface area (Å²) in [6.45, 7) is 6.56. The average molecular weight is 393 g/mol. The van der Waals surface area contributed by atoms with Gasteiger partial charge in [-0.25, -0.2) is 0 Å². The lowest BCUT2D eigenvalue weighted by molar-refractivity contribution is 0.0939. The maximum absolute atomic E-state index is 12.8. The van der Waals surface area contributed by atoms with Gasteiger partial charge in [0, 0.05) is 22.9 Å². The lowest BCUT2D eigenvalue weighted by Crippen LogP contribution is -2.27. The van der Waals surface area contributed by atoms with Crippen LogP contribution in [-0.2, 0) is 6.54 Å². The van der Waals surface area contributed by atoms with Gasteiger partial charge in [0.2, 0.25) is 0 Å². The fourth-order valence-corrected chi connectivity index (χ4v) is 3.35. The summed E-state index contributed by atoms with van der Waals surface area (Å²) in [5.74, 6) is 1.25. The Hall–Kier alpha value is -3.28. The van der Waals surface area contributed by atoms with Gasteiger partial charge in [0.15, 0.2) is 0 Å². The van der Waals surface area contributed by atoms with Gasteiger partial charge in [0.25, 0.3) is 5.91 Å². The molecule has 1 atom stereocenters. The molecule has 29 heavy (non-hydrogen) atoms. The van der Waals surface area contributed by atoms with Crippen LogP contribution in [0.25, 0.3) is 0 Å². The van der Waals surface area contributed by atoms with Crippen molar-refractivity contribution >= 4 is 5.91 Å². The minimum absolute atomic E-state index is 0.134. The molecule has 1 unspecified atom stereocenters. The van der Waals surface area contributed by atoms with E-state index in [1.54, 1.807) is 14.2 Å². The van der Waals surface area contributed by atoms with Gasteiger partial charge in [0.05, 0.1) is 32.5 Å². The van der Waals surface area contributed by atoms with E-state index in [0.29, 0.717) is 23.6 Å². The van der Waals surface area contributed by atoms with Gasteiger partial charge in [-0.3, -0.25) is 9.48 Å². The molecule has 152 valence electrons. The van der Waals surface area contributed by atoms with Crippen molar-refractivity contribution in [1.29, 1.82) is 0 Å². The molecule has 0 saturated heterocycles. The number of methoxy groups -OCH3 is 2. The number of benzene rings is 2. The maximum Gasteiger partial charge on any atom is 0.251 e. The van der Waals surface area contributed by atoms with Gasteiger partial charge >= 0.3 is 0 Å². The summed E-state index contributed by atoms with van der Waals surface area (Å²) >= 11 is 0. The summed E-state index contributed by atoms with van der Waals surface area (Å²) in [5.41, 5.74) is 4.61. The van der Waals surface area contributed by atoms with Crippen molar-refractivity contribution in [3.63, 3.8) is 0 Å². The SMILES string of the molecule is COc1ccc(C(C)NC(=O)c2cccc(Cn3nc(C)cc3C)c2)c(OC)c1. The largest absolute Gasteiger partial charge is 0.497 e. The number of carbonyl (C=O) groups excluding carboxylic acids is 1. The van der Waals surface area contributed by atoms with Gasteiger partial charge < -0.3 is 14.8 Å². The lowest BCUT2D eigenvalue weighted by Gasteiger charge is -2.18. The molecule has 2 aromatic carbocycles. The van der Waals surface area contributed by atoms with E-state index in [4.69, 9.17) is 9.47 Å². The Morgan fingerprint density at radius 3 is 2.55 bits per heavy atom. The molecule has 3 aromatic rings. The molecule has 0 spiro atoms. The number of carbonyl (C=O) groups is 1. The zero-order chi connectivity index (χ0) is 21.0. The summed E-state index contributed by atoms with van der Waals surface area (Å²) in [5, 5.41) is 7.54. The van der Waals surface area contributed by atoms with E-state index in [-0.39, 0.29) is 11.9 Å². The molecule has 0 fully saturated rings. The summed E-state index contributed by atoms with van der Waals surface area (Å²) < 4.78 is 12.6. The maximum atomic E-state index is 12.8. The molecule has 1 N–H and O–H groups in total. The third-order valence-corrected chi connectivity index (χ3v) is 4.88. The lowest BCUT2D eigenvalue weighted by atomic mass is 10.1. The number of nitrogens with one attached hydrogen (secondary N) is 1. The van der Waals surface area contributed by atoms with Gasteiger partial charge in [-0.05, 0) is 56.7 Å². The third-order valence-electron chi connectivity index (χ3n) is 4.88. The number of aryl methyl sites for hydroxylation is 2. The van der Waals surface area contributed by atoms with E-state index in [2.05, 4.69) is 10.4 Å². The first kappa shape index (κ1) is 20.5. The van der Waals surface area contributed by atoms with Gasteiger partial charge in [-0.2, -0.15) is 5.10 Å². The Bertz CT molecular complexity index is 1010. The normalized spacial score (nSPS) is 11.8. The van der Waals surface area contributed by atoms with Crippen LogP contribution in [0.1, 0.15) is 45.8 Å². The molecule has 0 aliphatic carbocycles. The van der Waals surface area contributed by atoms with Crippen molar-refractivity contribution in [2.45, 2.75) is 33.4 Å². The molecule has 1 heterocycles. The number of hydrogen-bond donors (Lipinski definition) is 1. The highest BCUT2D eigenvalue weighted by Crippen LogP contribution is 2.29. The fourth-order valence-electron chi connectivity index (χ4n) is 3.35. The summed E-state index contributed by atoms with van der Waals surface area (Å²) in [6.07, 6.45) is 0. The first-order valence-corrected chi connectivity index (χ1v) is 9.54. The van der Waals surface area contributed by atoms with Crippen molar-refractivity contribution in [2.75, 3.05) is 14.2 Å². The first-order chi connectivity index (χ1) is 13.9. The molecule has 1 amide bonds. The molecule has 0 bridgehead atoms. The number of nitrogens with zero attached hydrogens (tertiary/aromatic N) is 2. The van der Waals surface area contributed by atoms with E-state index in [1.807, 2.05) is 74.0 Å². The van der Waals surface area contributed by atoms with Crippen molar-refractivity contribution < 1.29 is 14.3 Å². The Kier molecular flexibility index (Phi) is 6.22. The predicted molar refractivity (Wildman–Crippen MR) is 113 cm³/mol. The smallest absolute Gasteiger partial charge is 0.251 e. The van der Waals surface area contributed by atoms with Crippen LogP contribution in [0.2, 0.25) is 0 Å². The van der Waals surface area contributed by atoms with Crippen LogP contribution in [0.3, 0.4) is 0 Å². The van der Waals surface area contributed by atoms with Crippen LogP contribution in [0.15, 0.2) is 48.5 Å². The van der Waals surface area contributed by atoms with Crippen LogP contribution in [0.5, 0.6) is 11.5 Å². The Balaban J connectivity index is 1.75. The topological polar surface area (TPSA) is 65.4 Å². The molecule has 0 saturated carbocycles. The summed E-state index contributed by atoms with van der Waals surface area (Å²) in [6, 6.07) is 15.0. The van der Waals surface area contributed by atoms with Crippen LogP contribution in [-0.4, -0.2) is 29.9 Å². The van der Waals surface area contributed by atoms with Crippen LogP contribution in [0.4, 0.5) is 0 Å². The van der Waals surface area contributed by atoms with Crippen molar-refractivity contribution in [1.82, 2.24) is 15.1 Å². The quantitative estimate of drug-likeness (QED) is 0.658. The van der Waals surface area contributed by atoms with E-state index < -0.39 is 0 Å². The molecule has 6 nitrogen and oxygen atoms in total. The van der Waals surface area contributed by atoms with E-state index in [1.165, 1.54) is 0 Å². The monoisotopic (exact) mass is 393 g/mol. The Morgan fingerprint density at radius 1 is 1.10 bits per heavy atom. The first-order valence-electron chi connectivity index (χ1n) is 9.54. The van der Waals surface area contributed by atoms with Gasteiger partial charge in [-0.1, -0.05) is 12.1 Å². The number of rotatable bonds is 7. The number of amides is 1. The molecule has 0 aliphatic heterocycles. The van der Waals surface area contributed by atoms with Crippen molar-refractivity contribution in [2.24, 2.45) is 0 Å². The highest BCUT2D eigenvalue weighted by molar-refractivity contribution is 5.94. The number of ether oxygens (including phenoxy) is 2. The minimum atomic E-state index is -0.219. The minimum Gasteiger partial charge on any atom is -0.497 e. The zero-order valence-electron chi connectivity index (χ0n) is 17.5. The number of aromatic nitrogens is 2. The molecule has 1 aromatic heterocycles. The van der Waals surface area contributed by atoms with Gasteiger partial charge in [0.1, 0.15) is 11.5 Å². The molecular formula is C23H27N3O3. The van der Waals surface area contributed by atoms with E-state index >= 15 is 0 Å². The fraction of sp³-hybridized carbons (Fsp3) is 0.304. The summed E-state index contributed by atoms with van der Waals surface area (Å²) in [4.78, 5) is 12.8. The zero-order valence-corrected chi connectivity index (χ0v) is 17.5. The van der Waals surface area contributed by atoms with Crippen molar-refractivity contribution in [3.8, 4) is 11.5 Å². The second-order valence-electron chi connectivity index (χ2n) is 7.09. The Labute approximate surface area is 171 Å². The van der Waals surface area contributed by atoms with Crippen LogP contribution >= 0.6 is 0 Å². The molecule has 0 aliphatic rings. The Morgan fingerprint density at radius 2 is 1.90 bits per heavy atom. The third kappa shape index (κ3) is 4.77. The van der Waals surface area contributed by atoms with E-state index in [9.17, 15) is 4.79 Å². The van der Waals surface area contributed by atoms with Gasteiger partial charge in [-0.15, -0.1) is 0 Å². The second-order valence-corrected chi connectivity index (χ2v) is 7.09. The molecule has 0 radical (unpaired) electrons. The van der Waals surface area contributed by atoms with Crippen molar-refractivity contribution in [3.05, 3.63) is 76.6 Å². The van der Waals surface area contributed by atoms with Crippen LogP contribution < -0.4 is 14.8 Å². The standard InChI is InChI=1S/C23H27N3O3/c1-15-11-16(2)26(25-15)14-18-7-6-8-19(12-18)23(27)24-17(3)21-10-9-20(28-4)13-22(21)29-5/h6-13,17H,14H2,1-5H3,(H,24,27). The summed E-state index contributed by atoms with van der Waals surface area (Å²) in [7, 11) is 3.22. The average Bonchev–Trinajstić information content (AvgIpc) is 3.04. The van der Waals surface area contributed by atoms with E-state index in [0.717, 1.165) is 22.5 Å². The highest BCUT2D eigenvalue weighted by atomic mass is 16.5. The van der Waals surface area contributed by atoms with Crippen LogP contribution in [0, 0.1) is 13.8 Å². The highest BCUT2D eigenvalue weighted by Gasteiger charge is 2.16.